The molecule has 3 heteroatoms. The van der Waals surface area contributed by atoms with E-state index in [-0.39, 0.29) is 34.3 Å². The van der Waals surface area contributed by atoms with Gasteiger partial charge in [-0.3, -0.25) is 15.5 Å². The van der Waals surface area contributed by atoms with E-state index >= 15 is 0 Å². The molecule has 79 valence electrons. The standard InChI is InChI=1S/C10H15.2FH.Ru/c1-7-6-10(4,5)9(3)8(7)2;;;/h1-5H3;2*1H;/q-1;;;+1. The van der Waals surface area contributed by atoms with E-state index < -0.39 is 0 Å². The molecule has 0 fully saturated rings. The van der Waals surface area contributed by atoms with Gasteiger partial charge in [0.25, 0.3) is 0 Å². The zero-order chi connectivity index (χ0) is 7.94. The maximum absolute atomic E-state index is 3.44. The molecule has 0 unspecified atom stereocenters. The van der Waals surface area contributed by atoms with E-state index in [2.05, 4.69) is 40.7 Å². The van der Waals surface area contributed by atoms with E-state index in [0.29, 0.717) is 0 Å². The van der Waals surface area contributed by atoms with Gasteiger partial charge >= 0.3 is 19.5 Å². The van der Waals surface area contributed by atoms with Crippen molar-refractivity contribution in [2.24, 2.45) is 5.41 Å². The first kappa shape index (κ1) is 18.7. The predicted octanol–water partition coefficient (Wildman–Crippen LogP) is 3.41. The molecule has 0 bridgehead atoms. The minimum atomic E-state index is 0. The minimum Gasteiger partial charge on any atom is -0.269 e. The molecule has 1 aliphatic carbocycles. The number of allylic oxidation sites excluding steroid dienone is 4. The van der Waals surface area contributed by atoms with Crippen LogP contribution >= 0.6 is 0 Å². The second-order valence-corrected chi connectivity index (χ2v) is 3.62. The van der Waals surface area contributed by atoms with Crippen molar-refractivity contribution in [2.45, 2.75) is 34.6 Å². The van der Waals surface area contributed by atoms with E-state index in [1.54, 1.807) is 0 Å². The van der Waals surface area contributed by atoms with Crippen LogP contribution in [0, 0.1) is 11.5 Å². The van der Waals surface area contributed by atoms with Gasteiger partial charge < -0.3 is 0 Å². The van der Waals surface area contributed by atoms with E-state index in [1.165, 1.54) is 16.7 Å². The summed E-state index contributed by atoms with van der Waals surface area (Å²) in [7, 11) is 0. The fourth-order valence-corrected chi connectivity index (χ4v) is 1.41. The van der Waals surface area contributed by atoms with Crippen molar-refractivity contribution in [1.82, 2.24) is 0 Å². The Labute approximate surface area is 92.0 Å². The number of rotatable bonds is 0. The monoisotopic (exact) mass is 277 g/mol. The molecule has 0 aliphatic heterocycles. The van der Waals surface area contributed by atoms with Crippen LogP contribution in [0.4, 0.5) is 9.41 Å². The zero-order valence-corrected chi connectivity index (χ0v) is 10.4. The molecule has 0 heterocycles. The smallest absolute Gasteiger partial charge is 0.269 e. The van der Waals surface area contributed by atoms with Crippen molar-refractivity contribution >= 4 is 0 Å². The molecule has 0 saturated heterocycles. The van der Waals surface area contributed by atoms with Crippen LogP contribution in [0.3, 0.4) is 0 Å². The van der Waals surface area contributed by atoms with Crippen LogP contribution in [0.1, 0.15) is 34.6 Å². The molecule has 0 amide bonds. The Bertz CT molecular complexity index is 227. The van der Waals surface area contributed by atoms with Gasteiger partial charge in [-0.05, 0) is 0 Å². The molecule has 0 aromatic carbocycles. The molecule has 1 rings (SSSR count). The van der Waals surface area contributed by atoms with Crippen LogP contribution < -0.4 is 0 Å². The van der Waals surface area contributed by atoms with Crippen molar-refractivity contribution in [2.75, 3.05) is 0 Å². The van der Waals surface area contributed by atoms with Crippen LogP contribution in [0.5, 0.6) is 0 Å². The summed E-state index contributed by atoms with van der Waals surface area (Å²) < 4.78 is 0. The normalized spacial score (nSPS) is 18.1. The molecular weight excluding hydrogens is 259 g/mol. The van der Waals surface area contributed by atoms with Crippen molar-refractivity contribution in [1.29, 1.82) is 0 Å². The van der Waals surface area contributed by atoms with Crippen LogP contribution in [0.25, 0.3) is 0 Å². The summed E-state index contributed by atoms with van der Waals surface area (Å²) in [6, 6.07) is 0. The summed E-state index contributed by atoms with van der Waals surface area (Å²) in [5.74, 6) is 0. The van der Waals surface area contributed by atoms with Crippen LogP contribution in [-0.2, 0) is 19.5 Å². The largest absolute Gasteiger partial charge is 1.00 e. The fourth-order valence-electron chi connectivity index (χ4n) is 1.41. The summed E-state index contributed by atoms with van der Waals surface area (Å²) in [4.78, 5) is 0. The average molecular weight is 276 g/mol. The molecule has 1 aliphatic rings. The predicted molar refractivity (Wildman–Crippen MR) is 49.6 cm³/mol. The summed E-state index contributed by atoms with van der Waals surface area (Å²) >= 11 is 0. The Hall–Kier alpha value is -0.0366. The number of hydrogen-bond acceptors (Lipinski definition) is 0. The molecular formula is C10H17F2Ru. The van der Waals surface area contributed by atoms with Crippen LogP contribution in [0.2, 0.25) is 0 Å². The minimum absolute atomic E-state index is 0. The Morgan fingerprint density at radius 2 is 1.38 bits per heavy atom. The van der Waals surface area contributed by atoms with Gasteiger partial charge in [-0.25, -0.2) is 5.57 Å². The Balaban J connectivity index is -0.000000333. The van der Waals surface area contributed by atoms with Gasteiger partial charge in [-0.15, -0.1) is 6.92 Å². The second kappa shape index (κ2) is 5.64. The molecule has 13 heavy (non-hydrogen) atoms. The third-order valence-corrected chi connectivity index (χ3v) is 2.56. The maximum atomic E-state index is 3.44. The SMILES string of the molecule is CC1=[C-]C(C)(C)C(C)=C1C.F.F.[Ru+]. The zero-order valence-electron chi connectivity index (χ0n) is 8.67. The number of hydrogen-bond donors (Lipinski definition) is 0. The molecule has 0 spiro atoms. The summed E-state index contributed by atoms with van der Waals surface area (Å²) in [6.07, 6.45) is 3.44. The second-order valence-electron chi connectivity index (χ2n) is 3.62. The first-order chi connectivity index (χ1) is 4.45. The summed E-state index contributed by atoms with van der Waals surface area (Å²) in [6.45, 7) is 10.9. The topological polar surface area (TPSA) is 0 Å². The van der Waals surface area contributed by atoms with E-state index in [0.717, 1.165) is 0 Å². The van der Waals surface area contributed by atoms with Crippen molar-refractivity contribution in [3.63, 3.8) is 0 Å². The van der Waals surface area contributed by atoms with Gasteiger partial charge in [-0.2, -0.15) is 11.1 Å². The van der Waals surface area contributed by atoms with Crippen molar-refractivity contribution < 1.29 is 28.9 Å². The van der Waals surface area contributed by atoms with Crippen LogP contribution in [0.15, 0.2) is 16.7 Å². The average Bonchev–Trinajstić information content (AvgIpc) is 1.95. The van der Waals surface area contributed by atoms with Crippen molar-refractivity contribution in [3.05, 3.63) is 22.8 Å². The van der Waals surface area contributed by atoms with Gasteiger partial charge in [0.15, 0.2) is 0 Å². The quantitative estimate of drug-likeness (QED) is 0.470. The molecule has 0 atom stereocenters. The summed E-state index contributed by atoms with van der Waals surface area (Å²) in [5.41, 5.74) is 4.39. The number of halogens is 2. The van der Waals surface area contributed by atoms with E-state index in [9.17, 15) is 0 Å². The van der Waals surface area contributed by atoms with Gasteiger partial charge in [0, 0.05) is 0 Å². The molecule has 1 radical (unpaired) electrons. The van der Waals surface area contributed by atoms with Gasteiger partial charge in [0.05, 0.1) is 0 Å². The van der Waals surface area contributed by atoms with Gasteiger partial charge in [0.2, 0.25) is 0 Å². The maximum Gasteiger partial charge on any atom is 1.00 e. The molecule has 0 saturated carbocycles. The molecule has 0 aromatic heterocycles. The van der Waals surface area contributed by atoms with E-state index in [1.807, 2.05) is 0 Å². The van der Waals surface area contributed by atoms with Gasteiger partial charge in [0.1, 0.15) is 0 Å². The first-order valence-electron chi connectivity index (χ1n) is 3.75. The van der Waals surface area contributed by atoms with Gasteiger partial charge in [-0.1, -0.05) is 33.1 Å². The molecule has 0 N–H and O–H groups in total. The Kier molecular flexibility index (Phi) is 8.11. The molecule has 0 nitrogen and oxygen atoms in total. The Morgan fingerprint density at radius 3 is 1.46 bits per heavy atom. The summed E-state index contributed by atoms with van der Waals surface area (Å²) in [5, 5.41) is 0. The van der Waals surface area contributed by atoms with Crippen molar-refractivity contribution in [3.8, 4) is 0 Å². The molecule has 0 aromatic rings. The first-order valence-corrected chi connectivity index (χ1v) is 3.75. The Morgan fingerprint density at radius 1 is 1.00 bits per heavy atom. The third-order valence-electron chi connectivity index (χ3n) is 2.56. The van der Waals surface area contributed by atoms with Crippen LogP contribution in [-0.4, -0.2) is 0 Å². The fraction of sp³-hybridized carbons (Fsp3) is 0.600. The third kappa shape index (κ3) is 3.30. The van der Waals surface area contributed by atoms with E-state index in [4.69, 9.17) is 0 Å².